The predicted octanol–water partition coefficient (Wildman–Crippen LogP) is -1.26. The van der Waals surface area contributed by atoms with Gasteiger partial charge in [0.15, 0.2) is 0 Å². The van der Waals surface area contributed by atoms with Crippen molar-refractivity contribution < 1.29 is 19.5 Å². The second kappa shape index (κ2) is 8.91. The molecule has 0 aliphatic carbocycles. The van der Waals surface area contributed by atoms with Gasteiger partial charge in [-0.2, -0.15) is 0 Å². The highest BCUT2D eigenvalue weighted by Crippen LogP contribution is 2.01. The Bertz CT molecular complexity index is 505. The summed E-state index contributed by atoms with van der Waals surface area (Å²) in [6, 6.07) is 7.49. The zero-order chi connectivity index (χ0) is 16.5. The summed E-state index contributed by atoms with van der Waals surface area (Å²) in [6.45, 7) is 1.07. The van der Waals surface area contributed by atoms with E-state index in [4.69, 9.17) is 5.73 Å². The lowest BCUT2D eigenvalue weighted by atomic mass is 10.1. The maximum absolute atomic E-state index is 11.7. The summed E-state index contributed by atoms with van der Waals surface area (Å²) in [4.78, 5) is 34.2. The van der Waals surface area contributed by atoms with E-state index in [2.05, 4.69) is 10.6 Å². The Hall–Kier alpha value is -2.25. The van der Waals surface area contributed by atoms with Crippen LogP contribution in [0.15, 0.2) is 30.3 Å². The van der Waals surface area contributed by atoms with E-state index in [0.717, 1.165) is 5.56 Å². The molecule has 0 spiro atoms. The molecule has 22 heavy (non-hydrogen) atoms. The summed E-state index contributed by atoms with van der Waals surface area (Å²) in [6.07, 6.45) is 0.00900. The molecule has 1 aromatic rings. The van der Waals surface area contributed by atoms with Crippen molar-refractivity contribution >= 4 is 18.1 Å². The van der Waals surface area contributed by atoms with Gasteiger partial charge in [-0.3, -0.25) is 9.59 Å². The largest absolute Gasteiger partial charge is 0.391 e. The van der Waals surface area contributed by atoms with Crippen LogP contribution < -0.4 is 16.4 Å². The van der Waals surface area contributed by atoms with Crippen LogP contribution in [-0.2, 0) is 20.8 Å². The van der Waals surface area contributed by atoms with Crippen LogP contribution >= 0.6 is 0 Å². The zero-order valence-corrected chi connectivity index (χ0v) is 12.4. The van der Waals surface area contributed by atoms with E-state index in [0.29, 0.717) is 12.7 Å². The molecule has 0 saturated carbocycles. The molecule has 3 atom stereocenters. The molecule has 0 fully saturated rings. The Labute approximate surface area is 128 Å². The molecular formula is C15H21N3O4. The Morgan fingerprint density at radius 2 is 1.95 bits per heavy atom. The molecule has 0 aliphatic rings. The summed E-state index contributed by atoms with van der Waals surface area (Å²) in [5, 5.41) is 14.0. The molecule has 0 saturated heterocycles. The Morgan fingerprint density at radius 1 is 1.32 bits per heavy atom. The Morgan fingerprint density at radius 3 is 2.50 bits per heavy atom. The highest BCUT2D eigenvalue weighted by atomic mass is 16.3. The van der Waals surface area contributed by atoms with Gasteiger partial charge in [-0.25, -0.2) is 0 Å². The van der Waals surface area contributed by atoms with E-state index < -0.39 is 30.0 Å². The molecule has 0 bridgehead atoms. The van der Waals surface area contributed by atoms with Crippen molar-refractivity contribution in [1.82, 2.24) is 10.6 Å². The number of rotatable bonds is 8. The molecule has 1 rings (SSSR count). The topological polar surface area (TPSA) is 122 Å². The van der Waals surface area contributed by atoms with Crippen LogP contribution in [0, 0.1) is 0 Å². The number of nitrogens with two attached hydrogens (primary N) is 1. The van der Waals surface area contributed by atoms with Crippen LogP contribution in [-0.4, -0.2) is 47.9 Å². The first-order chi connectivity index (χ1) is 10.4. The van der Waals surface area contributed by atoms with E-state index in [1.807, 2.05) is 30.3 Å². The molecule has 1 aromatic carbocycles. The number of carbonyl (C=O) groups excluding carboxylic acids is 3. The minimum absolute atomic E-state index is 0.307. The van der Waals surface area contributed by atoms with Crippen molar-refractivity contribution in [1.29, 1.82) is 0 Å². The number of benzene rings is 1. The standard InChI is InChI=1S/C15H21N3O4/c1-10(20)14(16)15(22)17-8-13(21)18-12(9-19)7-11-5-3-2-4-6-11/h2-6,9-10,12,14,20H,7-8,16H2,1H3,(H,17,22)(H,18,21)/t10-,12-,14-/m0/s1. The van der Waals surface area contributed by atoms with Crippen molar-refractivity contribution in [2.45, 2.75) is 31.5 Å². The van der Waals surface area contributed by atoms with E-state index in [-0.39, 0.29) is 6.54 Å². The van der Waals surface area contributed by atoms with Gasteiger partial charge in [-0.15, -0.1) is 0 Å². The van der Waals surface area contributed by atoms with E-state index >= 15 is 0 Å². The minimum atomic E-state index is -1.10. The molecule has 2 amide bonds. The van der Waals surface area contributed by atoms with Gasteiger partial charge in [0.2, 0.25) is 11.8 Å². The number of hydrogen-bond donors (Lipinski definition) is 4. The summed E-state index contributed by atoms with van der Waals surface area (Å²) in [5.74, 6) is -1.13. The van der Waals surface area contributed by atoms with E-state index in [9.17, 15) is 19.5 Å². The second-order valence-electron chi connectivity index (χ2n) is 4.98. The second-order valence-corrected chi connectivity index (χ2v) is 4.98. The lowest BCUT2D eigenvalue weighted by molar-refractivity contribution is -0.128. The first-order valence-electron chi connectivity index (χ1n) is 6.94. The van der Waals surface area contributed by atoms with Gasteiger partial charge in [-0.1, -0.05) is 30.3 Å². The fraction of sp³-hybridized carbons (Fsp3) is 0.400. The van der Waals surface area contributed by atoms with Crippen LogP contribution in [0.3, 0.4) is 0 Å². The summed E-state index contributed by atoms with van der Waals surface area (Å²) in [5.41, 5.74) is 6.34. The monoisotopic (exact) mass is 307 g/mol. The normalized spacial score (nSPS) is 14.5. The van der Waals surface area contributed by atoms with E-state index in [1.54, 1.807) is 0 Å². The smallest absolute Gasteiger partial charge is 0.240 e. The average molecular weight is 307 g/mol. The highest BCUT2D eigenvalue weighted by Gasteiger charge is 2.19. The zero-order valence-electron chi connectivity index (χ0n) is 12.4. The van der Waals surface area contributed by atoms with Gasteiger partial charge in [0.1, 0.15) is 12.3 Å². The fourth-order valence-corrected chi connectivity index (χ4v) is 1.76. The van der Waals surface area contributed by atoms with Crippen molar-refractivity contribution in [3.05, 3.63) is 35.9 Å². The number of amides is 2. The van der Waals surface area contributed by atoms with Crippen LogP contribution in [0.2, 0.25) is 0 Å². The molecule has 0 aliphatic heterocycles. The first-order valence-corrected chi connectivity index (χ1v) is 6.94. The number of hydrogen-bond acceptors (Lipinski definition) is 5. The maximum Gasteiger partial charge on any atom is 0.240 e. The maximum atomic E-state index is 11.7. The third-order valence-corrected chi connectivity index (χ3v) is 3.05. The highest BCUT2D eigenvalue weighted by molar-refractivity contribution is 5.88. The number of nitrogens with one attached hydrogen (secondary N) is 2. The molecule has 7 heteroatoms. The molecule has 5 N–H and O–H groups in total. The molecule has 120 valence electrons. The fourth-order valence-electron chi connectivity index (χ4n) is 1.76. The predicted molar refractivity (Wildman–Crippen MR) is 80.8 cm³/mol. The Kier molecular flexibility index (Phi) is 7.21. The van der Waals surface area contributed by atoms with Crippen molar-refractivity contribution in [3.8, 4) is 0 Å². The molecule has 7 nitrogen and oxygen atoms in total. The number of aliphatic hydroxyl groups is 1. The lowest BCUT2D eigenvalue weighted by Gasteiger charge is -2.16. The van der Waals surface area contributed by atoms with Gasteiger partial charge in [0, 0.05) is 0 Å². The molecule has 0 unspecified atom stereocenters. The van der Waals surface area contributed by atoms with Crippen LogP contribution in [0.1, 0.15) is 12.5 Å². The molecule has 0 aromatic heterocycles. The number of aliphatic hydroxyl groups excluding tert-OH is 1. The lowest BCUT2D eigenvalue weighted by Crippen LogP contribution is -2.50. The third-order valence-electron chi connectivity index (χ3n) is 3.05. The molecular weight excluding hydrogens is 286 g/mol. The van der Waals surface area contributed by atoms with Crippen molar-refractivity contribution in [2.24, 2.45) is 5.73 Å². The summed E-state index contributed by atoms with van der Waals surface area (Å²) >= 11 is 0. The minimum Gasteiger partial charge on any atom is -0.391 e. The SMILES string of the molecule is C[C@H](O)[C@H](N)C(=O)NCC(=O)N[C@H](C=O)Cc1ccccc1. The van der Waals surface area contributed by atoms with Crippen molar-refractivity contribution in [2.75, 3.05) is 6.54 Å². The van der Waals surface area contributed by atoms with Gasteiger partial charge in [0.25, 0.3) is 0 Å². The van der Waals surface area contributed by atoms with Gasteiger partial charge in [0.05, 0.1) is 18.7 Å². The van der Waals surface area contributed by atoms with Gasteiger partial charge >= 0.3 is 0 Å². The van der Waals surface area contributed by atoms with Crippen LogP contribution in [0.4, 0.5) is 0 Å². The van der Waals surface area contributed by atoms with Crippen LogP contribution in [0.25, 0.3) is 0 Å². The van der Waals surface area contributed by atoms with E-state index in [1.165, 1.54) is 6.92 Å². The van der Waals surface area contributed by atoms with Crippen LogP contribution in [0.5, 0.6) is 0 Å². The van der Waals surface area contributed by atoms with Crippen molar-refractivity contribution in [3.63, 3.8) is 0 Å². The third kappa shape index (κ3) is 6.02. The summed E-state index contributed by atoms with van der Waals surface area (Å²) in [7, 11) is 0. The molecule has 0 radical (unpaired) electrons. The van der Waals surface area contributed by atoms with Gasteiger partial charge < -0.3 is 26.3 Å². The average Bonchev–Trinajstić information content (AvgIpc) is 2.52. The number of aldehydes is 1. The first kappa shape index (κ1) is 17.8. The van der Waals surface area contributed by atoms with Gasteiger partial charge in [-0.05, 0) is 18.9 Å². The molecule has 0 heterocycles. The summed E-state index contributed by atoms with van der Waals surface area (Å²) < 4.78 is 0. The Balaban J connectivity index is 2.42. The number of carbonyl (C=O) groups is 3. The quantitative estimate of drug-likeness (QED) is 0.447.